The number of amides is 1. The molecule has 0 spiro atoms. The molecule has 0 aromatic heterocycles. The van der Waals surface area contributed by atoms with Gasteiger partial charge in [0.05, 0.1) is 12.3 Å². The average molecular weight is 371 g/mol. The zero-order valence-electron chi connectivity index (χ0n) is 15.3. The van der Waals surface area contributed by atoms with E-state index >= 15 is 0 Å². The Morgan fingerprint density at radius 3 is 2.21 bits per heavy atom. The van der Waals surface area contributed by atoms with Gasteiger partial charge >= 0.3 is 6.09 Å². The lowest BCUT2D eigenvalue weighted by molar-refractivity contribution is 0.158. The summed E-state index contributed by atoms with van der Waals surface area (Å²) in [6.07, 6.45) is 2.89. The molecule has 4 heteroatoms. The highest BCUT2D eigenvalue weighted by atomic mass is 16.5. The first-order valence-electron chi connectivity index (χ1n) is 9.26. The molecule has 0 unspecified atom stereocenters. The van der Waals surface area contributed by atoms with Crippen LogP contribution in [0.25, 0.3) is 17.2 Å². The van der Waals surface area contributed by atoms with Gasteiger partial charge in [-0.05, 0) is 33.9 Å². The second-order valence-corrected chi connectivity index (χ2v) is 6.62. The molecule has 0 bridgehead atoms. The summed E-state index contributed by atoms with van der Waals surface area (Å²) in [6.45, 7) is 0.216. The van der Waals surface area contributed by atoms with E-state index in [1.807, 2.05) is 42.5 Å². The van der Waals surface area contributed by atoms with Gasteiger partial charge in [-0.1, -0.05) is 78.9 Å². The van der Waals surface area contributed by atoms with Crippen molar-refractivity contribution < 1.29 is 14.6 Å². The maximum absolute atomic E-state index is 12.4. The fourth-order valence-corrected chi connectivity index (χ4v) is 3.68. The fourth-order valence-electron chi connectivity index (χ4n) is 3.68. The number of para-hydroxylation sites is 1. The van der Waals surface area contributed by atoms with Crippen molar-refractivity contribution in [2.75, 3.05) is 18.5 Å². The highest BCUT2D eigenvalue weighted by molar-refractivity contribution is 5.88. The number of benzene rings is 3. The molecular weight excluding hydrogens is 350 g/mol. The van der Waals surface area contributed by atoms with E-state index in [-0.39, 0.29) is 19.1 Å². The van der Waals surface area contributed by atoms with Gasteiger partial charge in [-0.15, -0.1) is 0 Å². The number of nitrogens with one attached hydrogen (secondary N) is 1. The Morgan fingerprint density at radius 2 is 1.54 bits per heavy atom. The van der Waals surface area contributed by atoms with E-state index < -0.39 is 6.09 Å². The molecule has 4 rings (SSSR count). The van der Waals surface area contributed by atoms with E-state index in [4.69, 9.17) is 9.84 Å². The molecule has 3 aromatic rings. The molecule has 140 valence electrons. The lowest BCUT2D eigenvalue weighted by Gasteiger charge is -2.15. The molecule has 0 radical (unpaired) electrons. The molecule has 0 heterocycles. The summed E-state index contributed by atoms with van der Waals surface area (Å²) in [5.41, 5.74) is 6.22. The third-order valence-corrected chi connectivity index (χ3v) is 4.94. The molecule has 1 aliphatic rings. The summed E-state index contributed by atoms with van der Waals surface area (Å²) in [7, 11) is 0. The number of carbonyl (C=O) groups is 1. The van der Waals surface area contributed by atoms with Crippen LogP contribution >= 0.6 is 0 Å². The van der Waals surface area contributed by atoms with Crippen molar-refractivity contribution >= 4 is 17.9 Å². The Kier molecular flexibility index (Phi) is 5.22. The monoisotopic (exact) mass is 371 g/mol. The molecule has 3 aromatic carbocycles. The predicted molar refractivity (Wildman–Crippen MR) is 111 cm³/mol. The van der Waals surface area contributed by atoms with Crippen molar-refractivity contribution in [1.29, 1.82) is 0 Å². The van der Waals surface area contributed by atoms with E-state index in [9.17, 15) is 4.79 Å². The van der Waals surface area contributed by atoms with Crippen molar-refractivity contribution in [2.24, 2.45) is 0 Å². The van der Waals surface area contributed by atoms with Crippen LogP contribution in [-0.4, -0.2) is 24.4 Å². The quantitative estimate of drug-likeness (QED) is 0.660. The SMILES string of the molecule is O=C(Nc1ccccc1/C=C/CO)OCC1c2ccccc2-c2ccccc21. The first-order chi connectivity index (χ1) is 13.8. The van der Waals surface area contributed by atoms with Crippen LogP contribution in [0.15, 0.2) is 78.9 Å². The zero-order valence-corrected chi connectivity index (χ0v) is 15.3. The summed E-state index contributed by atoms with van der Waals surface area (Å²) < 4.78 is 5.58. The molecule has 4 nitrogen and oxygen atoms in total. The van der Waals surface area contributed by atoms with Crippen LogP contribution in [0.4, 0.5) is 10.5 Å². The largest absolute Gasteiger partial charge is 0.448 e. The number of aliphatic hydroxyl groups excluding tert-OH is 1. The Labute approximate surface area is 164 Å². The van der Waals surface area contributed by atoms with Crippen LogP contribution in [0.3, 0.4) is 0 Å². The van der Waals surface area contributed by atoms with Gasteiger partial charge in [0.15, 0.2) is 0 Å². The van der Waals surface area contributed by atoms with E-state index in [1.54, 1.807) is 18.2 Å². The predicted octanol–water partition coefficient (Wildman–Crippen LogP) is 5.05. The topological polar surface area (TPSA) is 58.6 Å². The maximum atomic E-state index is 12.4. The minimum Gasteiger partial charge on any atom is -0.448 e. The molecule has 0 aliphatic heterocycles. The minimum absolute atomic E-state index is 0.0303. The van der Waals surface area contributed by atoms with Crippen LogP contribution < -0.4 is 5.32 Å². The molecule has 28 heavy (non-hydrogen) atoms. The van der Waals surface area contributed by atoms with E-state index in [2.05, 4.69) is 29.6 Å². The minimum atomic E-state index is -0.494. The maximum Gasteiger partial charge on any atom is 0.411 e. The van der Waals surface area contributed by atoms with Crippen LogP contribution in [0.1, 0.15) is 22.6 Å². The van der Waals surface area contributed by atoms with Crippen molar-refractivity contribution in [1.82, 2.24) is 0 Å². The van der Waals surface area contributed by atoms with Crippen LogP contribution in [0, 0.1) is 0 Å². The van der Waals surface area contributed by atoms with Crippen LogP contribution in [0.5, 0.6) is 0 Å². The molecule has 2 N–H and O–H groups in total. The molecule has 0 fully saturated rings. The van der Waals surface area contributed by atoms with Gasteiger partial charge in [0.25, 0.3) is 0 Å². The second-order valence-electron chi connectivity index (χ2n) is 6.62. The van der Waals surface area contributed by atoms with Gasteiger partial charge in [0.1, 0.15) is 6.61 Å². The summed E-state index contributed by atoms with van der Waals surface area (Å²) >= 11 is 0. The normalized spacial score (nSPS) is 12.6. The third-order valence-electron chi connectivity index (χ3n) is 4.94. The van der Waals surface area contributed by atoms with Gasteiger partial charge in [-0.25, -0.2) is 4.79 Å². The fraction of sp³-hybridized carbons (Fsp3) is 0.125. The molecule has 0 atom stereocenters. The lowest BCUT2D eigenvalue weighted by atomic mass is 9.98. The van der Waals surface area contributed by atoms with Gasteiger partial charge in [-0.3, -0.25) is 5.32 Å². The smallest absolute Gasteiger partial charge is 0.411 e. The Morgan fingerprint density at radius 1 is 0.929 bits per heavy atom. The van der Waals surface area contributed by atoms with E-state index in [1.165, 1.54) is 22.3 Å². The third kappa shape index (κ3) is 3.55. The van der Waals surface area contributed by atoms with E-state index in [0.717, 1.165) is 5.56 Å². The second kappa shape index (κ2) is 8.11. The van der Waals surface area contributed by atoms with Gasteiger partial charge in [0.2, 0.25) is 0 Å². The summed E-state index contributed by atoms with van der Waals surface area (Å²) in [5, 5.41) is 11.8. The number of fused-ring (bicyclic) bond motifs is 3. The van der Waals surface area contributed by atoms with Gasteiger partial charge < -0.3 is 9.84 Å². The molecule has 1 aliphatic carbocycles. The van der Waals surface area contributed by atoms with E-state index in [0.29, 0.717) is 5.69 Å². The molecule has 0 saturated carbocycles. The van der Waals surface area contributed by atoms with Crippen molar-refractivity contribution in [3.8, 4) is 11.1 Å². The average Bonchev–Trinajstić information content (AvgIpc) is 3.05. The molecule has 0 saturated heterocycles. The number of ether oxygens (including phenoxy) is 1. The molecule has 1 amide bonds. The zero-order chi connectivity index (χ0) is 19.3. The van der Waals surface area contributed by atoms with Crippen molar-refractivity contribution in [3.05, 3.63) is 95.6 Å². The number of rotatable bonds is 5. The Balaban J connectivity index is 1.48. The first kappa shape index (κ1) is 18.0. The summed E-state index contributed by atoms with van der Waals surface area (Å²) in [6, 6.07) is 23.9. The number of hydrogen-bond acceptors (Lipinski definition) is 3. The lowest BCUT2D eigenvalue weighted by Crippen LogP contribution is -2.18. The Bertz CT molecular complexity index is 980. The van der Waals surface area contributed by atoms with Crippen LogP contribution in [0.2, 0.25) is 0 Å². The number of aliphatic hydroxyl groups is 1. The van der Waals surface area contributed by atoms with Crippen molar-refractivity contribution in [3.63, 3.8) is 0 Å². The van der Waals surface area contributed by atoms with Gasteiger partial charge in [0, 0.05) is 5.92 Å². The number of hydrogen-bond donors (Lipinski definition) is 2. The summed E-state index contributed by atoms with van der Waals surface area (Å²) in [5.74, 6) is 0.0303. The van der Waals surface area contributed by atoms with Crippen molar-refractivity contribution in [2.45, 2.75) is 5.92 Å². The number of carbonyl (C=O) groups excluding carboxylic acids is 1. The van der Waals surface area contributed by atoms with Crippen LogP contribution in [-0.2, 0) is 4.74 Å². The highest BCUT2D eigenvalue weighted by Crippen LogP contribution is 2.44. The standard InChI is InChI=1S/C24H21NO3/c26-15-7-9-17-8-1-6-14-23(17)25-24(27)28-16-22-20-12-4-2-10-18(20)19-11-3-5-13-21(19)22/h1-14,22,26H,15-16H2,(H,25,27)/b9-7+. The Hall–Kier alpha value is -3.37. The van der Waals surface area contributed by atoms with Gasteiger partial charge in [-0.2, -0.15) is 0 Å². The highest BCUT2D eigenvalue weighted by Gasteiger charge is 2.29. The first-order valence-corrected chi connectivity index (χ1v) is 9.26. The molecular formula is C24H21NO3. The number of anilines is 1. The summed E-state index contributed by atoms with van der Waals surface area (Å²) in [4.78, 5) is 12.4.